The first kappa shape index (κ1) is 20.0. The smallest absolute Gasteiger partial charge is 0.225 e. The summed E-state index contributed by atoms with van der Waals surface area (Å²) in [7, 11) is 0. The van der Waals surface area contributed by atoms with Crippen LogP contribution < -0.4 is 10.2 Å². The van der Waals surface area contributed by atoms with Gasteiger partial charge in [0.1, 0.15) is 0 Å². The highest BCUT2D eigenvalue weighted by atomic mass is 16.3. The van der Waals surface area contributed by atoms with Crippen molar-refractivity contribution in [3.8, 4) is 0 Å². The molecule has 0 aliphatic carbocycles. The molecule has 1 unspecified atom stereocenters. The van der Waals surface area contributed by atoms with E-state index in [1.807, 2.05) is 23.1 Å². The van der Waals surface area contributed by atoms with Crippen LogP contribution in [0.15, 0.2) is 49.1 Å². The number of aromatic nitrogens is 3. The van der Waals surface area contributed by atoms with Crippen molar-refractivity contribution in [1.29, 1.82) is 0 Å². The van der Waals surface area contributed by atoms with Crippen molar-refractivity contribution in [3.05, 3.63) is 60.2 Å². The van der Waals surface area contributed by atoms with E-state index in [1.165, 1.54) is 24.0 Å². The minimum Gasteiger partial charge on any atom is -0.356 e. The second-order valence-electron chi connectivity index (χ2n) is 8.56. The fourth-order valence-electron chi connectivity index (χ4n) is 4.68. The minimum absolute atomic E-state index is 0.129. The van der Waals surface area contributed by atoms with E-state index in [4.69, 9.17) is 0 Å². The van der Waals surface area contributed by atoms with Crippen molar-refractivity contribution in [2.45, 2.75) is 38.6 Å². The van der Waals surface area contributed by atoms with E-state index in [9.17, 15) is 9.90 Å². The highest BCUT2D eigenvalue weighted by Crippen LogP contribution is 2.27. The van der Waals surface area contributed by atoms with Crippen LogP contribution in [-0.2, 0) is 17.8 Å². The summed E-state index contributed by atoms with van der Waals surface area (Å²) in [4.78, 5) is 19.9. The van der Waals surface area contributed by atoms with Crippen LogP contribution in [0.1, 0.15) is 30.4 Å². The molecular weight excluding hydrogens is 392 g/mol. The molecule has 0 saturated carbocycles. The molecule has 8 heteroatoms. The summed E-state index contributed by atoms with van der Waals surface area (Å²) in [5.74, 6) is 0.540. The van der Waals surface area contributed by atoms with Gasteiger partial charge < -0.3 is 15.3 Å². The predicted molar refractivity (Wildman–Crippen MR) is 117 cm³/mol. The van der Waals surface area contributed by atoms with Gasteiger partial charge in [-0.05, 0) is 73.7 Å². The maximum Gasteiger partial charge on any atom is 0.225 e. The lowest BCUT2D eigenvalue weighted by atomic mass is 9.90. The molecule has 5 rings (SSSR count). The largest absolute Gasteiger partial charge is 0.356 e. The average molecular weight is 421 g/mol. The SMILES string of the molecule is O=C1CCN(c2cnn3ccc(CC4CCN(Cc5ccncc5)CC4)cc23)C(O)N1. The van der Waals surface area contributed by atoms with Crippen LogP contribution in [0.3, 0.4) is 0 Å². The van der Waals surface area contributed by atoms with E-state index in [-0.39, 0.29) is 5.91 Å². The van der Waals surface area contributed by atoms with E-state index < -0.39 is 6.35 Å². The van der Waals surface area contributed by atoms with Crippen LogP contribution in [0.4, 0.5) is 5.69 Å². The topological polar surface area (TPSA) is 86.0 Å². The molecule has 3 aromatic rings. The summed E-state index contributed by atoms with van der Waals surface area (Å²) in [5.41, 5.74) is 4.42. The van der Waals surface area contributed by atoms with Crippen molar-refractivity contribution in [1.82, 2.24) is 24.8 Å². The maximum atomic E-state index is 11.5. The third kappa shape index (κ3) is 4.40. The Morgan fingerprint density at radius 1 is 1.10 bits per heavy atom. The Morgan fingerprint density at radius 2 is 1.90 bits per heavy atom. The molecule has 2 fully saturated rings. The number of hydrogen-bond donors (Lipinski definition) is 2. The zero-order chi connectivity index (χ0) is 21.2. The number of aliphatic hydroxyl groups is 1. The van der Waals surface area contributed by atoms with E-state index in [1.54, 1.807) is 11.1 Å². The molecule has 162 valence electrons. The summed E-state index contributed by atoms with van der Waals surface area (Å²) in [5, 5.41) is 17.3. The van der Waals surface area contributed by atoms with E-state index >= 15 is 0 Å². The van der Waals surface area contributed by atoms with Gasteiger partial charge in [-0.3, -0.25) is 14.7 Å². The molecule has 0 spiro atoms. The van der Waals surface area contributed by atoms with Crippen molar-refractivity contribution in [2.75, 3.05) is 24.5 Å². The maximum absolute atomic E-state index is 11.5. The molecule has 1 atom stereocenters. The van der Waals surface area contributed by atoms with Crippen LogP contribution in [0.5, 0.6) is 0 Å². The number of pyridine rings is 2. The lowest BCUT2D eigenvalue weighted by molar-refractivity contribution is -0.125. The van der Waals surface area contributed by atoms with Crippen LogP contribution in [0.2, 0.25) is 0 Å². The first-order chi connectivity index (χ1) is 15.2. The van der Waals surface area contributed by atoms with Gasteiger partial charge in [-0.15, -0.1) is 0 Å². The Morgan fingerprint density at radius 3 is 2.68 bits per heavy atom. The molecule has 2 aliphatic rings. The number of anilines is 1. The molecule has 8 nitrogen and oxygen atoms in total. The van der Waals surface area contributed by atoms with Crippen molar-refractivity contribution < 1.29 is 9.90 Å². The monoisotopic (exact) mass is 420 g/mol. The van der Waals surface area contributed by atoms with Crippen molar-refractivity contribution >= 4 is 17.1 Å². The Labute approximate surface area is 181 Å². The van der Waals surface area contributed by atoms with Crippen LogP contribution in [0.25, 0.3) is 5.52 Å². The zero-order valence-corrected chi connectivity index (χ0v) is 17.5. The molecule has 1 amide bonds. The molecule has 0 aromatic carbocycles. The van der Waals surface area contributed by atoms with Crippen LogP contribution in [-0.4, -0.2) is 56.5 Å². The normalized spacial score (nSPS) is 20.9. The summed E-state index contributed by atoms with van der Waals surface area (Å²) < 4.78 is 1.83. The van der Waals surface area contributed by atoms with Crippen molar-refractivity contribution in [3.63, 3.8) is 0 Å². The number of fused-ring (bicyclic) bond motifs is 1. The number of amides is 1. The molecule has 0 bridgehead atoms. The quantitative estimate of drug-likeness (QED) is 0.655. The Balaban J connectivity index is 1.24. The summed E-state index contributed by atoms with van der Waals surface area (Å²) in [6, 6.07) is 8.50. The number of likely N-dealkylation sites (tertiary alicyclic amines) is 1. The van der Waals surface area contributed by atoms with Gasteiger partial charge in [0.25, 0.3) is 0 Å². The Hall–Kier alpha value is -2.97. The summed E-state index contributed by atoms with van der Waals surface area (Å²) >= 11 is 0. The number of nitrogens with one attached hydrogen (secondary N) is 1. The number of hydrogen-bond acceptors (Lipinski definition) is 6. The molecular formula is C23H28N6O2. The minimum atomic E-state index is -1.01. The molecule has 31 heavy (non-hydrogen) atoms. The average Bonchev–Trinajstić information content (AvgIpc) is 3.19. The zero-order valence-electron chi connectivity index (χ0n) is 17.5. The van der Waals surface area contributed by atoms with Gasteiger partial charge in [0, 0.05) is 38.1 Å². The lowest BCUT2D eigenvalue weighted by Crippen LogP contribution is -2.54. The van der Waals surface area contributed by atoms with Gasteiger partial charge in [-0.1, -0.05) is 0 Å². The van der Waals surface area contributed by atoms with Crippen molar-refractivity contribution in [2.24, 2.45) is 5.92 Å². The number of rotatable bonds is 5. The van der Waals surface area contributed by atoms with E-state index in [0.29, 0.717) is 18.9 Å². The second kappa shape index (κ2) is 8.64. The first-order valence-corrected chi connectivity index (χ1v) is 11.0. The fraction of sp³-hybridized carbons (Fsp3) is 0.435. The molecule has 2 N–H and O–H groups in total. The third-order valence-corrected chi connectivity index (χ3v) is 6.43. The van der Waals surface area contributed by atoms with Gasteiger partial charge >= 0.3 is 0 Å². The number of carbonyl (C=O) groups is 1. The predicted octanol–water partition coefficient (Wildman–Crippen LogP) is 1.79. The number of nitrogens with zero attached hydrogens (tertiary/aromatic N) is 5. The number of piperidine rings is 1. The van der Waals surface area contributed by atoms with Crippen LogP contribution in [0, 0.1) is 5.92 Å². The van der Waals surface area contributed by atoms with E-state index in [2.05, 4.69) is 44.6 Å². The highest BCUT2D eigenvalue weighted by molar-refractivity contribution is 5.81. The first-order valence-electron chi connectivity index (χ1n) is 11.0. The molecule has 0 radical (unpaired) electrons. The molecule has 5 heterocycles. The third-order valence-electron chi connectivity index (χ3n) is 6.43. The van der Waals surface area contributed by atoms with Gasteiger partial charge in [0.15, 0.2) is 0 Å². The second-order valence-corrected chi connectivity index (χ2v) is 8.56. The lowest BCUT2D eigenvalue weighted by Gasteiger charge is -2.33. The van der Waals surface area contributed by atoms with Gasteiger partial charge in [0.2, 0.25) is 12.3 Å². The van der Waals surface area contributed by atoms with E-state index in [0.717, 1.165) is 37.3 Å². The highest BCUT2D eigenvalue weighted by Gasteiger charge is 2.27. The standard InChI is InChI=1S/C23H28N6O2/c30-22-6-11-28(23(31)26-22)21-15-25-29-12-5-19(14-20(21)29)13-17-3-9-27(10-4-17)16-18-1-7-24-8-2-18/h1-2,5,7-8,12,14-15,17,23,31H,3-4,6,9-11,13,16H2,(H,26,30). The molecule has 2 saturated heterocycles. The Kier molecular flexibility index (Phi) is 5.57. The summed E-state index contributed by atoms with van der Waals surface area (Å²) in [6.45, 7) is 3.71. The number of carbonyl (C=O) groups excluding carboxylic acids is 1. The van der Waals surface area contributed by atoms with Gasteiger partial charge in [-0.25, -0.2) is 4.52 Å². The summed E-state index contributed by atoms with van der Waals surface area (Å²) in [6.07, 6.45) is 10.3. The fourth-order valence-corrected chi connectivity index (χ4v) is 4.68. The molecule has 2 aliphatic heterocycles. The van der Waals surface area contributed by atoms with Gasteiger partial charge in [-0.2, -0.15) is 5.10 Å². The number of aliphatic hydroxyl groups excluding tert-OH is 1. The van der Waals surface area contributed by atoms with Gasteiger partial charge in [0.05, 0.1) is 17.4 Å². The molecule has 3 aromatic heterocycles. The Bertz CT molecular complexity index is 1040. The van der Waals surface area contributed by atoms with Crippen LogP contribution >= 0.6 is 0 Å².